The maximum Gasteiger partial charge on any atom is 0.408 e. The van der Waals surface area contributed by atoms with Crippen molar-refractivity contribution in [1.29, 1.82) is 0 Å². The molecule has 18 heavy (non-hydrogen) atoms. The molecule has 2 rings (SSSR count). The van der Waals surface area contributed by atoms with E-state index in [0.717, 1.165) is 11.1 Å². The van der Waals surface area contributed by atoms with Crippen molar-refractivity contribution in [3.05, 3.63) is 59.7 Å². The van der Waals surface area contributed by atoms with Gasteiger partial charge in [0.05, 0.1) is 5.30 Å². The van der Waals surface area contributed by atoms with E-state index in [9.17, 15) is 9.46 Å². The van der Waals surface area contributed by atoms with Crippen molar-refractivity contribution < 1.29 is 14.0 Å². The van der Waals surface area contributed by atoms with Crippen molar-refractivity contribution in [2.45, 2.75) is 13.8 Å². The van der Waals surface area contributed by atoms with Crippen LogP contribution in [0.4, 0.5) is 0 Å². The molecule has 0 spiro atoms. The lowest BCUT2D eigenvalue weighted by Gasteiger charge is -2.14. The number of benzene rings is 2. The molecule has 1 N–H and O–H groups in total. The van der Waals surface area contributed by atoms with Crippen LogP contribution < -0.4 is 9.83 Å². The molecule has 0 bridgehead atoms. The standard InChI is InChI=1S/C14H15O3P/c1-11-6-8-14(9-7-11)18(15,16)17-13-5-3-4-12(2)10-13/h3-10H,1-2H3,(H,15,16). The fourth-order valence-corrected chi connectivity index (χ4v) is 2.63. The smallest absolute Gasteiger partial charge is 0.408 e. The van der Waals surface area contributed by atoms with Crippen LogP contribution in [0, 0.1) is 13.8 Å². The second kappa shape index (κ2) is 4.97. The van der Waals surface area contributed by atoms with Crippen molar-refractivity contribution in [2.24, 2.45) is 0 Å². The van der Waals surface area contributed by atoms with Crippen LogP contribution in [-0.2, 0) is 4.57 Å². The Bertz CT molecular complexity index is 590. The minimum Gasteiger partial charge on any atom is -0.421 e. The van der Waals surface area contributed by atoms with Gasteiger partial charge in [0.2, 0.25) is 0 Å². The van der Waals surface area contributed by atoms with Gasteiger partial charge in [0.15, 0.2) is 0 Å². The molecule has 0 aliphatic rings. The largest absolute Gasteiger partial charge is 0.421 e. The van der Waals surface area contributed by atoms with E-state index in [4.69, 9.17) is 4.52 Å². The summed E-state index contributed by atoms with van der Waals surface area (Å²) in [5, 5.41) is 0.301. The summed E-state index contributed by atoms with van der Waals surface area (Å²) in [5.41, 5.74) is 2.02. The molecule has 0 radical (unpaired) electrons. The highest BCUT2D eigenvalue weighted by Crippen LogP contribution is 2.41. The molecule has 0 aliphatic carbocycles. The van der Waals surface area contributed by atoms with Crippen molar-refractivity contribution in [3.63, 3.8) is 0 Å². The predicted molar refractivity (Wildman–Crippen MR) is 72.4 cm³/mol. The average molecular weight is 262 g/mol. The van der Waals surface area contributed by atoms with Crippen molar-refractivity contribution in [2.75, 3.05) is 0 Å². The molecule has 1 unspecified atom stereocenters. The molecule has 0 saturated heterocycles. The van der Waals surface area contributed by atoms with Gasteiger partial charge in [0, 0.05) is 0 Å². The highest BCUT2D eigenvalue weighted by Gasteiger charge is 2.23. The van der Waals surface area contributed by atoms with Crippen LogP contribution in [-0.4, -0.2) is 4.89 Å². The lowest BCUT2D eigenvalue weighted by molar-refractivity contribution is 0.393. The van der Waals surface area contributed by atoms with Crippen LogP contribution in [0.3, 0.4) is 0 Å². The van der Waals surface area contributed by atoms with E-state index in [2.05, 4.69) is 0 Å². The third-order valence-electron chi connectivity index (χ3n) is 2.58. The number of aryl methyl sites for hydroxylation is 2. The Hall–Kier alpha value is -1.57. The van der Waals surface area contributed by atoms with Crippen LogP contribution in [0.15, 0.2) is 48.5 Å². The molecular weight excluding hydrogens is 247 g/mol. The third kappa shape index (κ3) is 3.00. The highest BCUT2D eigenvalue weighted by atomic mass is 31.2. The van der Waals surface area contributed by atoms with Gasteiger partial charge in [-0.3, -0.25) is 0 Å². The summed E-state index contributed by atoms with van der Waals surface area (Å²) < 4.78 is 17.4. The van der Waals surface area contributed by atoms with Crippen molar-refractivity contribution in [3.8, 4) is 5.75 Å². The summed E-state index contributed by atoms with van der Waals surface area (Å²) in [6.07, 6.45) is 0. The summed E-state index contributed by atoms with van der Waals surface area (Å²) in [4.78, 5) is 9.95. The molecule has 0 amide bonds. The first-order valence-electron chi connectivity index (χ1n) is 5.64. The van der Waals surface area contributed by atoms with Gasteiger partial charge in [0.1, 0.15) is 5.75 Å². The van der Waals surface area contributed by atoms with Crippen LogP contribution in [0.2, 0.25) is 0 Å². The van der Waals surface area contributed by atoms with Gasteiger partial charge in [-0.25, -0.2) is 4.57 Å². The van der Waals surface area contributed by atoms with Crippen LogP contribution in [0.1, 0.15) is 11.1 Å². The van der Waals surface area contributed by atoms with Crippen molar-refractivity contribution in [1.82, 2.24) is 0 Å². The van der Waals surface area contributed by atoms with E-state index in [1.54, 1.807) is 42.5 Å². The maximum absolute atomic E-state index is 12.1. The van der Waals surface area contributed by atoms with E-state index in [1.807, 2.05) is 19.9 Å². The fourth-order valence-electron chi connectivity index (χ4n) is 1.60. The molecule has 4 heteroatoms. The van der Waals surface area contributed by atoms with Crippen LogP contribution >= 0.6 is 7.60 Å². The lowest BCUT2D eigenvalue weighted by Crippen LogP contribution is -2.08. The molecule has 2 aromatic carbocycles. The second-order valence-electron chi connectivity index (χ2n) is 4.26. The molecule has 0 fully saturated rings. The normalized spacial score (nSPS) is 13.9. The van der Waals surface area contributed by atoms with Gasteiger partial charge in [-0.2, -0.15) is 0 Å². The fraction of sp³-hybridized carbons (Fsp3) is 0.143. The first-order chi connectivity index (χ1) is 8.47. The molecule has 94 valence electrons. The van der Waals surface area contributed by atoms with E-state index in [1.165, 1.54) is 0 Å². The molecule has 3 nitrogen and oxygen atoms in total. The van der Waals surface area contributed by atoms with E-state index >= 15 is 0 Å². The Balaban J connectivity index is 2.27. The van der Waals surface area contributed by atoms with Gasteiger partial charge < -0.3 is 9.42 Å². The molecule has 0 aromatic heterocycles. The van der Waals surface area contributed by atoms with E-state index in [0.29, 0.717) is 11.1 Å². The van der Waals surface area contributed by atoms with Gasteiger partial charge in [0.25, 0.3) is 0 Å². The summed E-state index contributed by atoms with van der Waals surface area (Å²) >= 11 is 0. The van der Waals surface area contributed by atoms with Gasteiger partial charge in [-0.1, -0.05) is 29.8 Å². The Morgan fingerprint density at radius 1 is 1.00 bits per heavy atom. The minimum absolute atomic E-state index is 0.301. The molecule has 0 saturated carbocycles. The van der Waals surface area contributed by atoms with Crippen molar-refractivity contribution >= 4 is 12.9 Å². The lowest BCUT2D eigenvalue weighted by atomic mass is 10.2. The molecular formula is C14H15O3P. The van der Waals surface area contributed by atoms with Crippen LogP contribution in [0.5, 0.6) is 5.75 Å². The highest BCUT2D eigenvalue weighted by molar-refractivity contribution is 7.61. The number of hydrogen-bond acceptors (Lipinski definition) is 2. The average Bonchev–Trinajstić information content (AvgIpc) is 2.29. The third-order valence-corrected chi connectivity index (χ3v) is 3.99. The summed E-state index contributed by atoms with van der Waals surface area (Å²) in [6.45, 7) is 3.83. The Labute approximate surface area is 107 Å². The van der Waals surface area contributed by atoms with E-state index in [-0.39, 0.29) is 0 Å². The first kappa shape index (κ1) is 12.9. The van der Waals surface area contributed by atoms with E-state index < -0.39 is 7.60 Å². The zero-order chi connectivity index (χ0) is 13.2. The Morgan fingerprint density at radius 2 is 1.67 bits per heavy atom. The molecule has 0 heterocycles. The second-order valence-corrected chi connectivity index (χ2v) is 6.00. The SMILES string of the molecule is Cc1ccc(P(=O)(O)Oc2cccc(C)c2)cc1. The zero-order valence-electron chi connectivity index (χ0n) is 10.3. The van der Waals surface area contributed by atoms with Gasteiger partial charge in [-0.15, -0.1) is 0 Å². The monoisotopic (exact) mass is 262 g/mol. The Morgan fingerprint density at radius 3 is 2.28 bits per heavy atom. The van der Waals surface area contributed by atoms with Gasteiger partial charge >= 0.3 is 7.60 Å². The molecule has 2 aromatic rings. The Kier molecular flexibility index (Phi) is 3.55. The number of rotatable bonds is 3. The summed E-state index contributed by atoms with van der Waals surface area (Å²) in [5.74, 6) is 0.404. The minimum atomic E-state index is -3.81. The van der Waals surface area contributed by atoms with Crippen LogP contribution in [0.25, 0.3) is 0 Å². The topological polar surface area (TPSA) is 46.5 Å². The molecule has 0 aliphatic heterocycles. The summed E-state index contributed by atoms with van der Waals surface area (Å²) in [7, 11) is -3.81. The predicted octanol–water partition coefficient (Wildman–Crippen LogP) is 3.19. The summed E-state index contributed by atoms with van der Waals surface area (Å²) in [6, 6.07) is 13.9. The zero-order valence-corrected chi connectivity index (χ0v) is 11.2. The maximum atomic E-state index is 12.1. The number of hydrogen-bond donors (Lipinski definition) is 1. The quantitative estimate of drug-likeness (QED) is 0.864. The first-order valence-corrected chi connectivity index (χ1v) is 7.21. The van der Waals surface area contributed by atoms with Gasteiger partial charge in [-0.05, 0) is 43.7 Å². The molecule has 1 atom stereocenters.